The zero-order valence-corrected chi connectivity index (χ0v) is 14.9. The molecule has 0 aliphatic carbocycles. The number of nitrogens with one attached hydrogen (secondary N) is 1. The molecule has 0 saturated heterocycles. The second-order valence-electron chi connectivity index (χ2n) is 5.46. The Bertz CT molecular complexity index is 901. The molecule has 1 heterocycles. The van der Waals surface area contributed by atoms with Gasteiger partial charge in [-0.2, -0.15) is 0 Å². The highest BCUT2D eigenvalue weighted by Gasteiger charge is 2.06. The number of rotatable bonds is 5. The maximum Gasteiger partial charge on any atom is 0.153 e. The van der Waals surface area contributed by atoms with Crippen LogP contribution in [0.25, 0.3) is 11.3 Å². The standard InChI is InChI=1S/C18H15ClFN3OS/c1-25(24)11-13-10-15(6-7-16(13)19)21-18-9-8-17(22-23-18)12-2-4-14(20)5-3-12/h2-10H,11H2,1H3,(H,21,23). The second kappa shape index (κ2) is 7.72. The first-order valence-electron chi connectivity index (χ1n) is 7.46. The van der Waals surface area contributed by atoms with Crippen LogP contribution in [0.2, 0.25) is 5.02 Å². The van der Waals surface area contributed by atoms with Crippen LogP contribution in [0, 0.1) is 5.82 Å². The number of aromatic nitrogens is 2. The van der Waals surface area contributed by atoms with Crippen molar-refractivity contribution >= 4 is 33.9 Å². The Balaban J connectivity index is 1.77. The zero-order chi connectivity index (χ0) is 17.8. The molecular formula is C18H15ClFN3OS. The van der Waals surface area contributed by atoms with Crippen molar-refractivity contribution in [3.63, 3.8) is 0 Å². The van der Waals surface area contributed by atoms with Crippen molar-refractivity contribution in [2.45, 2.75) is 5.75 Å². The molecule has 0 bridgehead atoms. The van der Waals surface area contributed by atoms with Crippen molar-refractivity contribution in [3.05, 3.63) is 71.0 Å². The van der Waals surface area contributed by atoms with Crippen molar-refractivity contribution in [2.24, 2.45) is 0 Å². The molecule has 0 fully saturated rings. The number of halogens is 2. The highest BCUT2D eigenvalue weighted by molar-refractivity contribution is 7.83. The van der Waals surface area contributed by atoms with E-state index in [1.54, 1.807) is 36.6 Å². The summed E-state index contributed by atoms with van der Waals surface area (Å²) >= 11 is 6.13. The van der Waals surface area contributed by atoms with Crippen molar-refractivity contribution < 1.29 is 8.60 Å². The minimum atomic E-state index is -0.974. The van der Waals surface area contributed by atoms with E-state index in [0.29, 0.717) is 22.3 Å². The quantitative estimate of drug-likeness (QED) is 0.710. The summed E-state index contributed by atoms with van der Waals surface area (Å²) in [6.45, 7) is 0. The lowest BCUT2D eigenvalue weighted by Crippen LogP contribution is -1.99. The SMILES string of the molecule is CS(=O)Cc1cc(Nc2ccc(-c3ccc(F)cc3)nn2)ccc1Cl. The molecule has 7 heteroatoms. The number of hydrogen-bond acceptors (Lipinski definition) is 4. The average Bonchev–Trinajstić information content (AvgIpc) is 2.59. The number of benzene rings is 2. The van der Waals surface area contributed by atoms with Gasteiger partial charge >= 0.3 is 0 Å². The van der Waals surface area contributed by atoms with Crippen molar-refractivity contribution in [1.82, 2.24) is 10.2 Å². The van der Waals surface area contributed by atoms with Gasteiger partial charge in [-0.05, 0) is 60.2 Å². The maximum absolute atomic E-state index is 13.0. The fraction of sp³-hybridized carbons (Fsp3) is 0.111. The third kappa shape index (κ3) is 4.61. The summed E-state index contributed by atoms with van der Waals surface area (Å²) in [6, 6.07) is 15.1. The summed E-state index contributed by atoms with van der Waals surface area (Å²) in [5, 5.41) is 12.0. The maximum atomic E-state index is 13.0. The normalized spacial score (nSPS) is 12.0. The summed E-state index contributed by atoms with van der Waals surface area (Å²) in [4.78, 5) is 0. The summed E-state index contributed by atoms with van der Waals surface area (Å²) in [5.74, 6) is 0.669. The van der Waals surface area contributed by atoms with Crippen LogP contribution in [-0.2, 0) is 16.6 Å². The smallest absolute Gasteiger partial charge is 0.153 e. The molecule has 1 atom stereocenters. The average molecular weight is 376 g/mol. The Labute approximate surface area is 152 Å². The van der Waals surface area contributed by atoms with Crippen LogP contribution in [0.15, 0.2) is 54.6 Å². The Hall–Kier alpha value is -2.31. The lowest BCUT2D eigenvalue weighted by molar-refractivity contribution is 0.628. The van der Waals surface area contributed by atoms with Crippen LogP contribution < -0.4 is 5.32 Å². The van der Waals surface area contributed by atoms with Crippen LogP contribution in [-0.4, -0.2) is 20.7 Å². The molecule has 3 aromatic rings. The van der Waals surface area contributed by atoms with E-state index in [-0.39, 0.29) is 5.82 Å². The van der Waals surface area contributed by atoms with Gasteiger partial charge in [-0.3, -0.25) is 4.21 Å². The first-order chi connectivity index (χ1) is 12.0. The van der Waals surface area contributed by atoms with Gasteiger partial charge in [0.25, 0.3) is 0 Å². The van der Waals surface area contributed by atoms with Gasteiger partial charge in [-0.1, -0.05) is 11.6 Å². The fourth-order valence-electron chi connectivity index (χ4n) is 2.30. The van der Waals surface area contributed by atoms with Gasteiger partial charge in [-0.15, -0.1) is 10.2 Å². The lowest BCUT2D eigenvalue weighted by atomic mass is 10.1. The number of hydrogen-bond donors (Lipinski definition) is 1. The van der Waals surface area contributed by atoms with Crippen LogP contribution in [0.1, 0.15) is 5.56 Å². The van der Waals surface area contributed by atoms with E-state index in [4.69, 9.17) is 11.6 Å². The van der Waals surface area contributed by atoms with E-state index in [9.17, 15) is 8.60 Å². The van der Waals surface area contributed by atoms with Gasteiger partial charge in [0, 0.05) is 39.1 Å². The molecular weight excluding hydrogens is 361 g/mol. The number of nitrogens with zero attached hydrogens (tertiary/aromatic N) is 2. The first-order valence-corrected chi connectivity index (χ1v) is 9.57. The van der Waals surface area contributed by atoms with E-state index in [2.05, 4.69) is 15.5 Å². The third-order valence-electron chi connectivity index (χ3n) is 3.48. The molecule has 0 aliphatic rings. The predicted octanol–water partition coefficient (Wildman–Crippen LogP) is 4.56. The lowest BCUT2D eigenvalue weighted by Gasteiger charge is -2.09. The van der Waals surface area contributed by atoms with Gasteiger partial charge in [-0.25, -0.2) is 4.39 Å². The largest absolute Gasteiger partial charge is 0.339 e. The summed E-state index contributed by atoms with van der Waals surface area (Å²) in [6.07, 6.45) is 1.64. The molecule has 2 aromatic carbocycles. The van der Waals surface area contributed by atoms with E-state index < -0.39 is 10.8 Å². The van der Waals surface area contributed by atoms with Crippen LogP contribution in [0.4, 0.5) is 15.9 Å². The molecule has 0 amide bonds. The van der Waals surface area contributed by atoms with Gasteiger partial charge in [0.1, 0.15) is 5.82 Å². The molecule has 3 rings (SSSR count). The monoisotopic (exact) mass is 375 g/mol. The van der Waals surface area contributed by atoms with Crippen LogP contribution in [0.5, 0.6) is 0 Å². The molecule has 1 unspecified atom stereocenters. The van der Waals surface area contributed by atoms with Gasteiger partial charge < -0.3 is 5.32 Å². The van der Waals surface area contributed by atoms with Gasteiger partial charge in [0.2, 0.25) is 0 Å². The topological polar surface area (TPSA) is 54.9 Å². The highest BCUT2D eigenvalue weighted by atomic mass is 35.5. The predicted molar refractivity (Wildman–Crippen MR) is 99.9 cm³/mol. The zero-order valence-electron chi connectivity index (χ0n) is 13.4. The number of anilines is 2. The fourth-order valence-corrected chi connectivity index (χ4v) is 3.24. The van der Waals surface area contributed by atoms with Crippen molar-refractivity contribution in [3.8, 4) is 11.3 Å². The van der Waals surface area contributed by atoms with E-state index >= 15 is 0 Å². The molecule has 1 N–H and O–H groups in total. The van der Waals surface area contributed by atoms with E-state index in [1.807, 2.05) is 12.1 Å². The Morgan fingerprint density at radius 3 is 2.48 bits per heavy atom. The van der Waals surface area contributed by atoms with E-state index in [1.165, 1.54) is 12.1 Å². The molecule has 25 heavy (non-hydrogen) atoms. The molecule has 1 aromatic heterocycles. The van der Waals surface area contributed by atoms with Crippen molar-refractivity contribution in [2.75, 3.05) is 11.6 Å². The molecule has 0 aliphatic heterocycles. The summed E-state index contributed by atoms with van der Waals surface area (Å²) < 4.78 is 24.4. The van der Waals surface area contributed by atoms with Crippen molar-refractivity contribution in [1.29, 1.82) is 0 Å². The minimum absolute atomic E-state index is 0.290. The van der Waals surface area contributed by atoms with Crippen LogP contribution >= 0.6 is 11.6 Å². The van der Waals surface area contributed by atoms with Crippen LogP contribution in [0.3, 0.4) is 0 Å². The summed E-state index contributed by atoms with van der Waals surface area (Å²) in [7, 11) is -0.974. The molecule has 0 radical (unpaired) electrons. The minimum Gasteiger partial charge on any atom is -0.339 e. The van der Waals surface area contributed by atoms with Gasteiger partial charge in [0.15, 0.2) is 5.82 Å². The van der Waals surface area contributed by atoms with Gasteiger partial charge in [0.05, 0.1) is 5.69 Å². The highest BCUT2D eigenvalue weighted by Crippen LogP contribution is 2.24. The molecule has 0 spiro atoms. The third-order valence-corrected chi connectivity index (χ3v) is 4.57. The second-order valence-corrected chi connectivity index (χ2v) is 7.30. The molecule has 0 saturated carbocycles. The Morgan fingerprint density at radius 2 is 1.84 bits per heavy atom. The Morgan fingerprint density at radius 1 is 1.08 bits per heavy atom. The summed E-state index contributed by atoms with van der Waals surface area (Å²) in [5.41, 5.74) is 3.04. The van der Waals surface area contributed by atoms with E-state index in [0.717, 1.165) is 16.8 Å². The molecule has 128 valence electrons. The molecule has 4 nitrogen and oxygen atoms in total. The Kier molecular flexibility index (Phi) is 5.40. The first kappa shape index (κ1) is 17.5.